The number of aryl methyl sites for hydroxylation is 1. The Balaban J connectivity index is 2.41. The number of nitrogens with two attached hydrogens (primary N) is 1. The minimum Gasteiger partial charge on any atom is -0.326 e. The molecule has 0 atom stereocenters. The van der Waals surface area contributed by atoms with E-state index in [2.05, 4.69) is 20.7 Å². The van der Waals surface area contributed by atoms with E-state index in [1.54, 1.807) is 30.3 Å². The summed E-state index contributed by atoms with van der Waals surface area (Å²) in [7, 11) is -3.65. The molecule has 0 spiro atoms. The lowest BCUT2D eigenvalue weighted by molar-refractivity contribution is 0.600. The molecule has 0 heterocycles. The molecule has 0 bridgehead atoms. The predicted octanol–water partition coefficient (Wildman–Crippen LogP) is 3.02. The number of rotatable bonds is 4. The van der Waals surface area contributed by atoms with Crippen molar-refractivity contribution < 1.29 is 8.42 Å². The molecule has 2 aromatic carbocycles. The van der Waals surface area contributed by atoms with Gasteiger partial charge >= 0.3 is 0 Å². The van der Waals surface area contributed by atoms with Crippen LogP contribution >= 0.6 is 15.9 Å². The van der Waals surface area contributed by atoms with Gasteiger partial charge in [-0.15, -0.1) is 0 Å². The van der Waals surface area contributed by atoms with Crippen LogP contribution in [0, 0.1) is 6.92 Å². The summed E-state index contributed by atoms with van der Waals surface area (Å²) >= 11 is 3.36. The number of hydrogen-bond donors (Lipinski definition) is 2. The summed E-state index contributed by atoms with van der Waals surface area (Å²) in [6.07, 6.45) is 0. The van der Waals surface area contributed by atoms with E-state index in [1.807, 2.05) is 19.1 Å². The lowest BCUT2D eigenvalue weighted by Crippen LogP contribution is -2.16. The highest BCUT2D eigenvalue weighted by molar-refractivity contribution is 9.10. The van der Waals surface area contributed by atoms with Crippen LogP contribution in [0.3, 0.4) is 0 Å². The van der Waals surface area contributed by atoms with E-state index in [0.29, 0.717) is 15.7 Å². The van der Waals surface area contributed by atoms with E-state index in [4.69, 9.17) is 5.73 Å². The van der Waals surface area contributed by atoms with Gasteiger partial charge in [-0.05, 0) is 52.2 Å². The van der Waals surface area contributed by atoms with Gasteiger partial charge in [0.2, 0.25) is 0 Å². The lowest BCUT2D eigenvalue weighted by Gasteiger charge is -2.12. The third-order valence-electron chi connectivity index (χ3n) is 2.85. The van der Waals surface area contributed by atoms with Gasteiger partial charge in [-0.25, -0.2) is 8.42 Å². The first-order valence-electron chi connectivity index (χ1n) is 6.01. The fourth-order valence-corrected chi connectivity index (χ4v) is 3.89. The molecule has 4 nitrogen and oxygen atoms in total. The summed E-state index contributed by atoms with van der Waals surface area (Å²) in [6, 6.07) is 12.1. The SMILES string of the molecule is Cc1ccc(NS(=O)(=O)c2ccccc2CN)c(Br)c1. The quantitative estimate of drug-likeness (QED) is 0.886. The molecule has 0 saturated carbocycles. The molecule has 3 N–H and O–H groups in total. The first-order chi connectivity index (χ1) is 9.44. The highest BCUT2D eigenvalue weighted by Gasteiger charge is 2.18. The second-order valence-corrected chi connectivity index (χ2v) is 6.91. The van der Waals surface area contributed by atoms with Crippen molar-refractivity contribution in [3.8, 4) is 0 Å². The van der Waals surface area contributed by atoms with Crippen molar-refractivity contribution in [2.75, 3.05) is 4.72 Å². The molecule has 0 aromatic heterocycles. The van der Waals surface area contributed by atoms with Crippen LogP contribution in [0.1, 0.15) is 11.1 Å². The van der Waals surface area contributed by atoms with E-state index < -0.39 is 10.0 Å². The molecule has 2 rings (SSSR count). The number of halogens is 1. The van der Waals surface area contributed by atoms with Gasteiger partial charge in [0.25, 0.3) is 10.0 Å². The second-order valence-electron chi connectivity index (χ2n) is 4.40. The Morgan fingerprint density at radius 2 is 1.90 bits per heavy atom. The summed E-state index contributed by atoms with van der Waals surface area (Å²) in [5.74, 6) is 0. The average Bonchev–Trinajstić information content (AvgIpc) is 2.42. The molecular formula is C14H15BrN2O2S. The fraction of sp³-hybridized carbons (Fsp3) is 0.143. The van der Waals surface area contributed by atoms with Crippen LogP contribution in [0.4, 0.5) is 5.69 Å². The number of sulfonamides is 1. The van der Waals surface area contributed by atoms with Crippen LogP contribution in [-0.4, -0.2) is 8.42 Å². The topological polar surface area (TPSA) is 72.2 Å². The summed E-state index contributed by atoms with van der Waals surface area (Å²) < 4.78 is 28.1. The number of anilines is 1. The Morgan fingerprint density at radius 1 is 1.20 bits per heavy atom. The number of nitrogens with one attached hydrogen (secondary N) is 1. The molecule has 0 aliphatic heterocycles. The van der Waals surface area contributed by atoms with Gasteiger partial charge in [-0.3, -0.25) is 4.72 Å². The third kappa shape index (κ3) is 3.20. The summed E-state index contributed by atoms with van der Waals surface area (Å²) in [4.78, 5) is 0.204. The maximum atomic E-state index is 12.4. The van der Waals surface area contributed by atoms with E-state index >= 15 is 0 Å². The fourth-order valence-electron chi connectivity index (χ4n) is 1.84. The van der Waals surface area contributed by atoms with Crippen LogP contribution < -0.4 is 10.5 Å². The summed E-state index contributed by atoms with van der Waals surface area (Å²) in [5, 5.41) is 0. The molecular weight excluding hydrogens is 340 g/mol. The molecule has 0 amide bonds. The smallest absolute Gasteiger partial charge is 0.262 e. The molecule has 106 valence electrons. The average molecular weight is 355 g/mol. The molecule has 0 aliphatic rings. The second kappa shape index (κ2) is 5.95. The molecule has 6 heteroatoms. The van der Waals surface area contributed by atoms with Crippen LogP contribution in [0.2, 0.25) is 0 Å². The summed E-state index contributed by atoms with van der Waals surface area (Å²) in [6.45, 7) is 2.11. The zero-order chi connectivity index (χ0) is 14.8. The van der Waals surface area contributed by atoms with Crippen molar-refractivity contribution in [1.82, 2.24) is 0 Å². The van der Waals surface area contributed by atoms with Gasteiger partial charge in [-0.1, -0.05) is 24.3 Å². The van der Waals surface area contributed by atoms with Gasteiger partial charge < -0.3 is 5.73 Å². The van der Waals surface area contributed by atoms with Gasteiger partial charge in [0, 0.05) is 11.0 Å². The Kier molecular flexibility index (Phi) is 4.47. The van der Waals surface area contributed by atoms with Crippen molar-refractivity contribution in [3.05, 3.63) is 58.1 Å². The van der Waals surface area contributed by atoms with E-state index in [1.165, 1.54) is 0 Å². The Bertz CT molecular complexity index is 730. The third-order valence-corrected chi connectivity index (χ3v) is 4.97. The van der Waals surface area contributed by atoms with Crippen LogP contribution in [-0.2, 0) is 16.6 Å². The molecule has 0 saturated heterocycles. The van der Waals surface area contributed by atoms with Gasteiger partial charge in [-0.2, -0.15) is 0 Å². The minimum atomic E-state index is -3.65. The standard InChI is InChI=1S/C14H15BrN2O2S/c1-10-6-7-13(12(15)8-10)17-20(18,19)14-5-3-2-4-11(14)9-16/h2-8,17H,9,16H2,1H3. The molecule has 0 aliphatic carbocycles. The van der Waals surface area contributed by atoms with Crippen molar-refractivity contribution >= 4 is 31.6 Å². The Hall–Kier alpha value is -1.37. The molecule has 20 heavy (non-hydrogen) atoms. The first-order valence-corrected chi connectivity index (χ1v) is 8.28. The largest absolute Gasteiger partial charge is 0.326 e. The maximum absolute atomic E-state index is 12.4. The van der Waals surface area contributed by atoms with E-state index in [9.17, 15) is 8.42 Å². The Labute approximate surface area is 127 Å². The number of hydrogen-bond acceptors (Lipinski definition) is 3. The Morgan fingerprint density at radius 3 is 2.55 bits per heavy atom. The van der Waals surface area contributed by atoms with Crippen LogP contribution in [0.25, 0.3) is 0 Å². The van der Waals surface area contributed by atoms with Gasteiger partial charge in [0.05, 0.1) is 10.6 Å². The highest BCUT2D eigenvalue weighted by atomic mass is 79.9. The maximum Gasteiger partial charge on any atom is 0.262 e. The molecule has 2 aromatic rings. The van der Waals surface area contributed by atoms with E-state index in [-0.39, 0.29) is 11.4 Å². The van der Waals surface area contributed by atoms with Crippen LogP contribution in [0.15, 0.2) is 51.8 Å². The predicted molar refractivity (Wildman–Crippen MR) is 84.0 cm³/mol. The van der Waals surface area contributed by atoms with Crippen molar-refractivity contribution in [2.24, 2.45) is 5.73 Å². The zero-order valence-electron chi connectivity index (χ0n) is 10.9. The first kappa shape index (κ1) is 15.0. The van der Waals surface area contributed by atoms with Gasteiger partial charge in [0.1, 0.15) is 0 Å². The molecule has 0 radical (unpaired) electrons. The zero-order valence-corrected chi connectivity index (χ0v) is 13.3. The van der Waals surface area contributed by atoms with Crippen molar-refractivity contribution in [1.29, 1.82) is 0 Å². The van der Waals surface area contributed by atoms with Crippen LogP contribution in [0.5, 0.6) is 0 Å². The van der Waals surface area contributed by atoms with Gasteiger partial charge in [0.15, 0.2) is 0 Å². The summed E-state index contributed by atoms with van der Waals surface area (Å²) in [5.41, 5.74) is 7.72. The molecule has 0 fully saturated rings. The van der Waals surface area contributed by atoms with Crippen molar-refractivity contribution in [3.63, 3.8) is 0 Å². The molecule has 0 unspecified atom stereocenters. The minimum absolute atomic E-state index is 0.173. The number of benzene rings is 2. The monoisotopic (exact) mass is 354 g/mol. The van der Waals surface area contributed by atoms with Crippen molar-refractivity contribution in [2.45, 2.75) is 18.4 Å². The highest BCUT2D eigenvalue weighted by Crippen LogP contribution is 2.26. The lowest BCUT2D eigenvalue weighted by atomic mass is 10.2. The van der Waals surface area contributed by atoms with E-state index in [0.717, 1.165) is 5.56 Å². The normalized spacial score (nSPS) is 11.3.